The van der Waals surface area contributed by atoms with Gasteiger partial charge in [-0.25, -0.2) is 4.79 Å². The normalized spacial score (nSPS) is 15.5. The smallest absolute Gasteiger partial charge is 0.416 e. The molecule has 0 fully saturated rings. The third-order valence-electron chi connectivity index (χ3n) is 4.91. The van der Waals surface area contributed by atoms with E-state index in [2.05, 4.69) is 15.0 Å². The number of esters is 1. The monoisotopic (exact) mass is 438 g/mol. The van der Waals surface area contributed by atoms with E-state index in [0.717, 1.165) is 29.5 Å². The Balaban J connectivity index is 2.07. The summed E-state index contributed by atoms with van der Waals surface area (Å²) >= 11 is 0. The largest absolute Gasteiger partial charge is 0.465 e. The van der Waals surface area contributed by atoms with Gasteiger partial charge in [-0.15, -0.1) is 0 Å². The van der Waals surface area contributed by atoms with Crippen molar-refractivity contribution < 1.29 is 32.4 Å². The summed E-state index contributed by atoms with van der Waals surface area (Å²) < 4.78 is 43.1. The molecule has 0 bridgehead atoms. The van der Waals surface area contributed by atoms with Gasteiger partial charge in [-0.2, -0.15) is 13.2 Å². The van der Waals surface area contributed by atoms with Crippen molar-refractivity contribution in [3.05, 3.63) is 57.7 Å². The van der Waals surface area contributed by atoms with Crippen LogP contribution in [0, 0.1) is 0 Å². The molecule has 1 aliphatic rings. The highest BCUT2D eigenvalue weighted by molar-refractivity contribution is 6.22. The van der Waals surface area contributed by atoms with Crippen LogP contribution < -0.4 is 0 Å². The number of hydrogen-bond donors (Lipinski definition) is 0. The Morgan fingerprint density at radius 1 is 1.10 bits per heavy atom. The second-order valence-corrected chi connectivity index (χ2v) is 7.18. The summed E-state index contributed by atoms with van der Waals surface area (Å²) in [5, 5.41) is 7.57. The highest BCUT2D eigenvalue weighted by Gasteiger charge is 2.30. The predicted octanol–water partition coefficient (Wildman–Crippen LogP) is 5.05. The van der Waals surface area contributed by atoms with Gasteiger partial charge >= 0.3 is 12.1 Å². The first-order valence-corrected chi connectivity index (χ1v) is 9.54. The van der Waals surface area contributed by atoms with Gasteiger partial charge < -0.3 is 14.4 Å². The molecule has 168 valence electrons. The molecule has 1 aromatic carbocycles. The van der Waals surface area contributed by atoms with Crippen molar-refractivity contribution in [1.82, 2.24) is 0 Å². The van der Waals surface area contributed by atoms with Crippen LogP contribution in [0.1, 0.15) is 44.7 Å². The number of oxime groups is 2. The molecular formula is C22H25F3N2O4. The number of alkyl halides is 3. The number of benzene rings is 1. The van der Waals surface area contributed by atoms with Crippen LogP contribution in [0.25, 0.3) is 0 Å². The minimum Gasteiger partial charge on any atom is -0.465 e. The lowest BCUT2D eigenvalue weighted by Crippen LogP contribution is -2.11. The lowest BCUT2D eigenvalue weighted by Gasteiger charge is -2.21. The topological polar surface area (TPSA) is 69.5 Å². The molecule has 31 heavy (non-hydrogen) atoms. The summed E-state index contributed by atoms with van der Waals surface area (Å²) in [6.45, 7) is 5.99. The zero-order valence-electron chi connectivity index (χ0n) is 17.9. The molecule has 0 N–H and O–H groups in total. The van der Waals surface area contributed by atoms with E-state index in [1.807, 2.05) is 13.8 Å². The van der Waals surface area contributed by atoms with Gasteiger partial charge in [-0.1, -0.05) is 33.6 Å². The van der Waals surface area contributed by atoms with Crippen molar-refractivity contribution in [1.29, 1.82) is 0 Å². The molecule has 0 saturated carbocycles. The van der Waals surface area contributed by atoms with E-state index in [1.165, 1.54) is 24.3 Å². The van der Waals surface area contributed by atoms with Crippen LogP contribution >= 0.6 is 0 Å². The fraction of sp³-hybridized carbons (Fsp3) is 0.409. The molecule has 2 rings (SSSR count). The number of hydrogen-bond acceptors (Lipinski definition) is 6. The second-order valence-electron chi connectivity index (χ2n) is 7.18. The van der Waals surface area contributed by atoms with Gasteiger partial charge in [-0.05, 0) is 62.5 Å². The summed E-state index contributed by atoms with van der Waals surface area (Å²) in [6, 6.07) is 4.93. The Labute approximate surface area is 179 Å². The Kier molecular flexibility index (Phi) is 8.41. The van der Waals surface area contributed by atoms with Crippen LogP contribution in [0.15, 0.2) is 56.9 Å². The van der Waals surface area contributed by atoms with Crippen LogP contribution in [-0.2, 0) is 25.4 Å². The number of halogens is 3. The van der Waals surface area contributed by atoms with E-state index in [9.17, 15) is 18.0 Å². The summed E-state index contributed by atoms with van der Waals surface area (Å²) in [4.78, 5) is 21.7. The molecule has 0 spiro atoms. The molecule has 0 aromatic heterocycles. The first-order valence-electron chi connectivity index (χ1n) is 9.54. The highest BCUT2D eigenvalue weighted by Crippen LogP contribution is 2.31. The number of rotatable bonds is 8. The third-order valence-corrected chi connectivity index (χ3v) is 4.91. The van der Waals surface area contributed by atoms with Gasteiger partial charge in [0.2, 0.25) is 0 Å². The van der Waals surface area contributed by atoms with E-state index < -0.39 is 17.7 Å². The van der Waals surface area contributed by atoms with E-state index in [4.69, 9.17) is 9.68 Å². The quantitative estimate of drug-likeness (QED) is 0.247. The molecule has 1 aromatic rings. The highest BCUT2D eigenvalue weighted by atomic mass is 19.4. The fourth-order valence-electron chi connectivity index (χ4n) is 2.93. The van der Waals surface area contributed by atoms with Gasteiger partial charge in [0.15, 0.2) is 6.21 Å². The van der Waals surface area contributed by atoms with Crippen molar-refractivity contribution >= 4 is 17.9 Å². The van der Waals surface area contributed by atoms with Gasteiger partial charge in [-0.3, -0.25) is 0 Å². The predicted molar refractivity (Wildman–Crippen MR) is 111 cm³/mol. The van der Waals surface area contributed by atoms with Gasteiger partial charge in [0.05, 0.1) is 18.4 Å². The third kappa shape index (κ3) is 7.27. The van der Waals surface area contributed by atoms with E-state index in [1.54, 1.807) is 13.0 Å². The minimum absolute atomic E-state index is 0.167. The number of carbonyl (C=O) groups excluding carboxylic acids is 1. The maximum atomic E-state index is 12.9. The lowest BCUT2D eigenvalue weighted by atomic mass is 9.88. The average molecular weight is 438 g/mol. The Bertz CT molecular complexity index is 931. The van der Waals surface area contributed by atoms with Crippen molar-refractivity contribution in [2.75, 3.05) is 20.3 Å². The molecule has 1 aliphatic carbocycles. The summed E-state index contributed by atoms with van der Waals surface area (Å²) in [7, 11) is 1.24. The Morgan fingerprint density at radius 3 is 2.29 bits per heavy atom. The van der Waals surface area contributed by atoms with Crippen LogP contribution in [0.4, 0.5) is 13.2 Å². The molecule has 0 aliphatic heterocycles. The molecular weight excluding hydrogens is 413 g/mol. The zero-order valence-corrected chi connectivity index (χ0v) is 17.9. The standard InChI is InChI=1S/C22H25F3N2O4/c1-14-8-18(12-30-26-11-21(28)29-4)19(9-15(14)2)13-31-27-16(3)17-6-5-7-20(10-17)22(23,24)25/h5-7,10-11H,8-9,12-13H2,1-4H3. The fourth-order valence-corrected chi connectivity index (χ4v) is 2.93. The average Bonchev–Trinajstić information content (AvgIpc) is 2.73. The van der Waals surface area contributed by atoms with Crippen LogP contribution in [0.3, 0.4) is 0 Å². The second kappa shape index (κ2) is 10.8. The van der Waals surface area contributed by atoms with Gasteiger partial charge in [0.25, 0.3) is 0 Å². The number of carbonyl (C=O) groups is 1. The molecule has 9 heteroatoms. The SMILES string of the molecule is COC(=O)C=NOCC1=C(CON=C(C)c2cccc(C(F)(F)F)c2)CC(C)=C(C)C1. The van der Waals surface area contributed by atoms with Crippen LogP contribution in [0.2, 0.25) is 0 Å². The molecule has 0 radical (unpaired) electrons. The molecule has 0 atom stereocenters. The Morgan fingerprint density at radius 2 is 1.71 bits per heavy atom. The summed E-state index contributed by atoms with van der Waals surface area (Å²) in [5.74, 6) is -0.618. The molecule has 0 saturated heterocycles. The maximum absolute atomic E-state index is 12.9. The Hall–Kier alpha value is -3.10. The van der Waals surface area contributed by atoms with Crippen LogP contribution in [-0.4, -0.2) is 38.2 Å². The van der Waals surface area contributed by atoms with Crippen LogP contribution in [0.5, 0.6) is 0 Å². The number of methoxy groups -OCH3 is 1. The first-order chi connectivity index (χ1) is 14.6. The van der Waals surface area contributed by atoms with E-state index >= 15 is 0 Å². The van der Waals surface area contributed by atoms with E-state index in [-0.39, 0.29) is 13.2 Å². The molecule has 0 heterocycles. The summed E-state index contributed by atoms with van der Waals surface area (Å²) in [5.41, 5.74) is 4.26. The van der Waals surface area contributed by atoms with E-state index in [0.29, 0.717) is 24.1 Å². The number of nitrogens with zero attached hydrogens (tertiary/aromatic N) is 2. The minimum atomic E-state index is -4.42. The summed E-state index contributed by atoms with van der Waals surface area (Å²) in [6.07, 6.45) is -2.13. The van der Waals surface area contributed by atoms with Gasteiger partial charge in [0.1, 0.15) is 13.2 Å². The first kappa shape index (κ1) is 24.2. The number of ether oxygens (including phenoxy) is 1. The van der Waals surface area contributed by atoms with Gasteiger partial charge in [0, 0.05) is 0 Å². The van der Waals surface area contributed by atoms with Crippen molar-refractivity contribution in [3.8, 4) is 0 Å². The molecule has 0 amide bonds. The van der Waals surface area contributed by atoms with Crippen molar-refractivity contribution in [2.45, 2.75) is 39.8 Å². The number of allylic oxidation sites excluding steroid dienone is 2. The zero-order chi connectivity index (χ0) is 23.0. The molecule has 6 nitrogen and oxygen atoms in total. The maximum Gasteiger partial charge on any atom is 0.416 e. The van der Waals surface area contributed by atoms with Crippen molar-refractivity contribution in [2.24, 2.45) is 10.3 Å². The van der Waals surface area contributed by atoms with Crippen molar-refractivity contribution in [3.63, 3.8) is 0 Å². The lowest BCUT2D eigenvalue weighted by molar-refractivity contribution is -0.137. The molecule has 0 unspecified atom stereocenters.